The number of benzene rings is 1. The van der Waals surface area contributed by atoms with Gasteiger partial charge in [-0.25, -0.2) is 4.39 Å². The van der Waals surface area contributed by atoms with Gasteiger partial charge in [0.1, 0.15) is 12.0 Å². The highest BCUT2D eigenvalue weighted by Crippen LogP contribution is 2.36. The molecule has 1 aromatic carbocycles. The van der Waals surface area contributed by atoms with Crippen molar-refractivity contribution < 1.29 is 14.4 Å². The highest BCUT2D eigenvalue weighted by atomic mass is 35.5. The summed E-state index contributed by atoms with van der Waals surface area (Å²) < 4.78 is 13.6. The minimum absolute atomic E-state index is 0.0227. The van der Waals surface area contributed by atoms with Gasteiger partial charge in [-0.2, -0.15) is 0 Å². The maximum absolute atomic E-state index is 13.6. The van der Waals surface area contributed by atoms with Crippen LogP contribution in [0.1, 0.15) is 0 Å². The molecule has 0 aliphatic rings. The standard InChI is InChI=1S/C11H6ClFN2O3/c12-6-1-2-9(13)8(5-6)7-3-4-14-11(10(7)16)15(17)18/h1-5,16H. The minimum atomic E-state index is -0.846. The van der Waals surface area contributed by atoms with Crippen LogP contribution in [0.3, 0.4) is 0 Å². The number of nitrogens with zero attached hydrogens (tertiary/aromatic N) is 2. The number of pyridine rings is 1. The molecule has 0 amide bonds. The smallest absolute Gasteiger partial charge is 0.406 e. The normalized spacial score (nSPS) is 10.3. The van der Waals surface area contributed by atoms with E-state index in [1.807, 2.05) is 0 Å². The first kappa shape index (κ1) is 12.3. The molecule has 0 aliphatic carbocycles. The summed E-state index contributed by atoms with van der Waals surface area (Å²) in [5.74, 6) is -2.06. The molecule has 0 radical (unpaired) electrons. The molecule has 7 heteroatoms. The van der Waals surface area contributed by atoms with Crippen LogP contribution in [0.5, 0.6) is 5.75 Å². The molecule has 0 atom stereocenters. The summed E-state index contributed by atoms with van der Waals surface area (Å²) >= 11 is 5.72. The minimum Gasteiger partial charge on any atom is -0.501 e. The molecule has 1 heterocycles. The summed E-state index contributed by atoms with van der Waals surface area (Å²) in [5.41, 5.74) is -0.0535. The van der Waals surface area contributed by atoms with Crippen LogP contribution in [0.4, 0.5) is 10.2 Å². The number of rotatable bonds is 2. The number of hydrogen-bond donors (Lipinski definition) is 1. The van der Waals surface area contributed by atoms with Gasteiger partial charge in [0.05, 0.1) is 0 Å². The molecule has 92 valence electrons. The highest BCUT2D eigenvalue weighted by Gasteiger charge is 2.21. The quantitative estimate of drug-likeness (QED) is 0.670. The van der Waals surface area contributed by atoms with Crippen molar-refractivity contribution in [3.63, 3.8) is 0 Å². The van der Waals surface area contributed by atoms with Crippen LogP contribution >= 0.6 is 11.6 Å². The van der Waals surface area contributed by atoms with Gasteiger partial charge in [0.25, 0.3) is 0 Å². The topological polar surface area (TPSA) is 76.3 Å². The summed E-state index contributed by atoms with van der Waals surface area (Å²) in [4.78, 5) is 13.2. The Balaban J connectivity index is 2.68. The largest absolute Gasteiger partial charge is 0.501 e. The van der Waals surface area contributed by atoms with Crippen molar-refractivity contribution in [1.82, 2.24) is 4.98 Å². The summed E-state index contributed by atoms with van der Waals surface area (Å²) in [7, 11) is 0. The maximum atomic E-state index is 13.6. The lowest BCUT2D eigenvalue weighted by atomic mass is 10.1. The van der Waals surface area contributed by atoms with Crippen LogP contribution in [0.25, 0.3) is 11.1 Å². The first-order valence-electron chi connectivity index (χ1n) is 4.78. The third-order valence-corrected chi connectivity index (χ3v) is 2.53. The SMILES string of the molecule is O=[N+]([O-])c1nccc(-c2cc(Cl)ccc2F)c1O. The van der Waals surface area contributed by atoms with Gasteiger partial charge in [-0.3, -0.25) is 0 Å². The van der Waals surface area contributed by atoms with E-state index in [0.29, 0.717) is 0 Å². The zero-order valence-electron chi connectivity index (χ0n) is 8.80. The first-order chi connectivity index (χ1) is 8.50. The molecular formula is C11H6ClFN2O3. The average molecular weight is 269 g/mol. The second-order valence-electron chi connectivity index (χ2n) is 3.41. The van der Waals surface area contributed by atoms with Crippen molar-refractivity contribution in [2.24, 2.45) is 0 Å². The van der Waals surface area contributed by atoms with Crippen LogP contribution in [0.2, 0.25) is 5.02 Å². The number of nitro groups is 1. The van der Waals surface area contributed by atoms with E-state index < -0.39 is 22.3 Å². The number of hydrogen-bond acceptors (Lipinski definition) is 4. The van der Waals surface area contributed by atoms with E-state index >= 15 is 0 Å². The lowest BCUT2D eigenvalue weighted by Crippen LogP contribution is -1.94. The third kappa shape index (κ3) is 2.10. The number of halogens is 2. The molecule has 0 saturated heterocycles. The molecule has 5 nitrogen and oxygen atoms in total. The van der Waals surface area contributed by atoms with Crippen molar-refractivity contribution in [3.8, 4) is 16.9 Å². The lowest BCUT2D eigenvalue weighted by Gasteiger charge is -2.05. The van der Waals surface area contributed by atoms with Gasteiger partial charge in [-0.1, -0.05) is 11.6 Å². The average Bonchev–Trinajstić information content (AvgIpc) is 2.32. The Morgan fingerprint density at radius 2 is 2.06 bits per heavy atom. The zero-order valence-corrected chi connectivity index (χ0v) is 9.56. The van der Waals surface area contributed by atoms with Gasteiger partial charge in [-0.15, -0.1) is 0 Å². The Hall–Kier alpha value is -2.21. The van der Waals surface area contributed by atoms with Gasteiger partial charge < -0.3 is 15.2 Å². The van der Waals surface area contributed by atoms with Crippen LogP contribution < -0.4 is 0 Å². The van der Waals surface area contributed by atoms with Gasteiger partial charge in [0.15, 0.2) is 0 Å². The highest BCUT2D eigenvalue weighted by molar-refractivity contribution is 6.30. The molecular weight excluding hydrogens is 263 g/mol. The van der Waals surface area contributed by atoms with Gasteiger partial charge in [-0.05, 0) is 34.2 Å². The Bertz CT molecular complexity index is 634. The Morgan fingerprint density at radius 1 is 1.33 bits per heavy atom. The molecule has 0 fully saturated rings. The Kier molecular flexibility index (Phi) is 3.12. The van der Waals surface area contributed by atoms with Gasteiger partial charge >= 0.3 is 5.82 Å². The fourth-order valence-corrected chi connectivity index (χ4v) is 1.67. The number of aromatic nitrogens is 1. The Morgan fingerprint density at radius 3 is 2.72 bits per heavy atom. The van der Waals surface area contributed by atoms with Crippen molar-refractivity contribution in [1.29, 1.82) is 0 Å². The van der Waals surface area contributed by atoms with Gasteiger partial charge in [0.2, 0.25) is 5.75 Å². The summed E-state index contributed by atoms with van der Waals surface area (Å²) in [6, 6.07) is 5.00. The molecule has 0 unspecified atom stereocenters. The van der Waals surface area contributed by atoms with E-state index in [4.69, 9.17) is 11.6 Å². The van der Waals surface area contributed by atoms with Gasteiger partial charge in [0, 0.05) is 16.1 Å². The van der Waals surface area contributed by atoms with Crippen LogP contribution in [-0.4, -0.2) is 15.0 Å². The first-order valence-corrected chi connectivity index (χ1v) is 5.16. The summed E-state index contributed by atoms with van der Waals surface area (Å²) in [5, 5.41) is 20.6. The molecule has 1 aromatic heterocycles. The van der Waals surface area contributed by atoms with Crippen molar-refractivity contribution in [3.05, 3.63) is 51.4 Å². The molecule has 0 saturated carbocycles. The van der Waals surface area contributed by atoms with E-state index in [2.05, 4.69) is 4.98 Å². The van der Waals surface area contributed by atoms with Crippen molar-refractivity contribution in [2.45, 2.75) is 0 Å². The van der Waals surface area contributed by atoms with Crippen LogP contribution in [-0.2, 0) is 0 Å². The van der Waals surface area contributed by atoms with Crippen molar-refractivity contribution >= 4 is 17.4 Å². The molecule has 0 bridgehead atoms. The zero-order chi connectivity index (χ0) is 13.3. The second-order valence-corrected chi connectivity index (χ2v) is 3.85. The molecule has 2 rings (SSSR count). The summed E-state index contributed by atoms with van der Waals surface area (Å²) in [6.45, 7) is 0. The van der Waals surface area contributed by atoms with E-state index in [1.165, 1.54) is 18.2 Å². The molecule has 1 N–H and O–H groups in total. The van der Waals surface area contributed by atoms with E-state index in [1.54, 1.807) is 0 Å². The molecule has 18 heavy (non-hydrogen) atoms. The lowest BCUT2D eigenvalue weighted by molar-refractivity contribution is -0.390. The molecule has 0 spiro atoms. The van der Waals surface area contributed by atoms with Crippen molar-refractivity contribution in [2.75, 3.05) is 0 Å². The Labute approximate surface area is 106 Å². The van der Waals surface area contributed by atoms with E-state index in [9.17, 15) is 19.6 Å². The monoisotopic (exact) mass is 268 g/mol. The van der Waals surface area contributed by atoms with E-state index in [0.717, 1.165) is 12.3 Å². The predicted octanol–water partition coefficient (Wildman–Crippen LogP) is 3.15. The maximum Gasteiger partial charge on any atom is 0.406 e. The summed E-state index contributed by atoms with van der Waals surface area (Å²) in [6.07, 6.45) is 1.12. The third-order valence-electron chi connectivity index (χ3n) is 2.30. The van der Waals surface area contributed by atoms with E-state index in [-0.39, 0.29) is 16.1 Å². The van der Waals surface area contributed by atoms with Crippen LogP contribution in [0.15, 0.2) is 30.5 Å². The molecule has 2 aromatic rings. The fourth-order valence-electron chi connectivity index (χ4n) is 1.50. The second kappa shape index (κ2) is 4.58. The molecule has 0 aliphatic heterocycles. The van der Waals surface area contributed by atoms with Crippen LogP contribution in [0, 0.1) is 15.9 Å². The fraction of sp³-hybridized carbons (Fsp3) is 0. The predicted molar refractivity (Wildman–Crippen MR) is 63.0 cm³/mol. The number of aromatic hydroxyl groups is 1.